The van der Waals surface area contributed by atoms with Crippen molar-refractivity contribution in [2.75, 3.05) is 32.7 Å². The highest BCUT2D eigenvalue weighted by molar-refractivity contribution is 5.94. The molecule has 308 valence electrons. The molecule has 0 unspecified atom stereocenters. The normalized spacial score (nSPS) is 20.3. The van der Waals surface area contributed by atoms with Crippen LogP contribution in [-0.2, 0) is 36.8 Å². The molecule has 2 aromatic carbocycles. The number of fused-ring (bicyclic) bond motifs is 5. The van der Waals surface area contributed by atoms with E-state index in [1.807, 2.05) is 0 Å². The maximum atomic E-state index is 14.1. The number of nitrogens with zero attached hydrogens (tertiary/aromatic N) is 2. The lowest BCUT2D eigenvalue weighted by Gasteiger charge is -2.42. The molecule has 1 aromatic heterocycles. The Hall–Kier alpha value is -4.89. The van der Waals surface area contributed by atoms with Gasteiger partial charge in [0.15, 0.2) is 11.6 Å². The van der Waals surface area contributed by atoms with Crippen LogP contribution >= 0.6 is 0 Å². The highest BCUT2D eigenvalue weighted by Crippen LogP contribution is 2.40. The number of aromatic amines is 1. The molecular weight excluding hydrogens is 735 g/mol. The number of carbonyl (C=O) groups excluding carboxylic acids is 5. The van der Waals surface area contributed by atoms with Crippen LogP contribution in [0.4, 0.5) is 8.78 Å². The van der Waals surface area contributed by atoms with Gasteiger partial charge in [-0.25, -0.2) is 8.78 Å². The standard InChI is InChI=1S/C42H56F2N8O5/c43-30-16-14-26(23-31(30)44)24-34(41(56)49-33(39(46)54)11-5-6-19-45)50-42(57)36-12-8-21-52(36)37(53)13-2-1-7-20-47-40(55)27-15-17-35-38-29(18-22-51(35)25-27)28-9-3-4-10-32(28)48-38/h3-4,9-10,14,16,23,27,33-36,48H,1-2,5-8,11-13,15,17-22,24-25,45H2,(H2,46,54)(H,47,55)(H,49,56)(H,50,57)/t27-,33+,34+,35+,36-/m1/s1. The van der Waals surface area contributed by atoms with Crippen molar-refractivity contribution in [1.29, 1.82) is 0 Å². The summed E-state index contributed by atoms with van der Waals surface area (Å²) in [4.78, 5) is 73.3. The smallest absolute Gasteiger partial charge is 0.243 e. The third kappa shape index (κ3) is 10.4. The van der Waals surface area contributed by atoms with Crippen molar-refractivity contribution in [2.45, 2.75) is 108 Å². The van der Waals surface area contributed by atoms with E-state index in [0.717, 1.165) is 57.3 Å². The Kier molecular flexibility index (Phi) is 14.3. The van der Waals surface area contributed by atoms with E-state index in [4.69, 9.17) is 11.5 Å². The molecule has 0 aliphatic carbocycles. The molecule has 8 N–H and O–H groups in total. The predicted molar refractivity (Wildman–Crippen MR) is 211 cm³/mol. The second-order valence-electron chi connectivity index (χ2n) is 15.7. The molecule has 15 heteroatoms. The molecule has 4 heterocycles. The van der Waals surface area contributed by atoms with Gasteiger partial charge in [-0.15, -0.1) is 0 Å². The molecule has 5 amide bonds. The minimum atomic E-state index is -1.26. The molecule has 2 fully saturated rings. The van der Waals surface area contributed by atoms with Crippen molar-refractivity contribution < 1.29 is 32.8 Å². The van der Waals surface area contributed by atoms with E-state index >= 15 is 0 Å². The van der Waals surface area contributed by atoms with E-state index in [1.165, 1.54) is 33.1 Å². The van der Waals surface area contributed by atoms with E-state index in [9.17, 15) is 32.8 Å². The number of halogens is 2. The van der Waals surface area contributed by atoms with Crippen molar-refractivity contribution in [3.63, 3.8) is 0 Å². The van der Waals surface area contributed by atoms with Gasteiger partial charge in [0.25, 0.3) is 0 Å². The van der Waals surface area contributed by atoms with Gasteiger partial charge in [-0.1, -0.05) is 30.7 Å². The van der Waals surface area contributed by atoms with Crippen LogP contribution in [0.25, 0.3) is 10.9 Å². The van der Waals surface area contributed by atoms with Crippen LogP contribution in [-0.4, -0.2) is 95.2 Å². The van der Waals surface area contributed by atoms with Gasteiger partial charge in [0.2, 0.25) is 29.5 Å². The lowest BCUT2D eigenvalue weighted by atomic mass is 9.86. The van der Waals surface area contributed by atoms with Gasteiger partial charge >= 0.3 is 0 Å². The highest BCUT2D eigenvalue weighted by atomic mass is 19.2. The van der Waals surface area contributed by atoms with Crippen LogP contribution < -0.4 is 27.4 Å². The van der Waals surface area contributed by atoms with Crippen LogP contribution in [0.1, 0.15) is 93.5 Å². The SMILES string of the molecule is NCCCC[C@H](NC(=O)[C@H](Cc1ccc(F)c(F)c1)NC(=O)[C@H]1CCCN1C(=O)CCCCCNC(=O)[C@@H]1CC[C@H]2c3[nH]c4ccccc4c3CCN2C1)C(N)=O. The molecule has 13 nitrogen and oxygen atoms in total. The van der Waals surface area contributed by atoms with E-state index in [2.05, 4.69) is 50.1 Å². The Balaban J connectivity index is 0.946. The summed E-state index contributed by atoms with van der Waals surface area (Å²) in [6.07, 6.45) is 7.21. The zero-order chi connectivity index (χ0) is 40.5. The highest BCUT2D eigenvalue weighted by Gasteiger charge is 2.38. The van der Waals surface area contributed by atoms with Gasteiger partial charge in [-0.3, -0.25) is 28.9 Å². The minimum Gasteiger partial charge on any atom is -0.368 e. The van der Waals surface area contributed by atoms with Crippen molar-refractivity contribution in [3.05, 3.63) is 70.9 Å². The number of unbranched alkanes of at least 4 members (excludes halogenated alkanes) is 3. The zero-order valence-corrected chi connectivity index (χ0v) is 32.5. The monoisotopic (exact) mass is 790 g/mol. The summed E-state index contributed by atoms with van der Waals surface area (Å²) in [5.74, 6) is -4.33. The van der Waals surface area contributed by atoms with E-state index in [-0.39, 0.29) is 42.6 Å². The Labute approximate surface area is 332 Å². The molecule has 3 aliphatic heterocycles. The fraction of sp³-hybridized carbons (Fsp3) is 0.548. The van der Waals surface area contributed by atoms with Gasteiger partial charge in [-0.2, -0.15) is 0 Å². The van der Waals surface area contributed by atoms with E-state index in [1.54, 1.807) is 0 Å². The number of piperidine rings is 1. The van der Waals surface area contributed by atoms with Crippen LogP contribution in [0.5, 0.6) is 0 Å². The van der Waals surface area contributed by atoms with Crippen LogP contribution in [0.2, 0.25) is 0 Å². The largest absolute Gasteiger partial charge is 0.368 e. The van der Waals surface area contributed by atoms with Gasteiger partial charge in [0.05, 0.1) is 12.0 Å². The fourth-order valence-corrected chi connectivity index (χ4v) is 8.71. The first-order chi connectivity index (χ1) is 27.5. The van der Waals surface area contributed by atoms with Gasteiger partial charge in [0, 0.05) is 55.6 Å². The Morgan fingerprint density at radius 1 is 0.877 bits per heavy atom. The fourth-order valence-electron chi connectivity index (χ4n) is 8.71. The first-order valence-corrected chi connectivity index (χ1v) is 20.5. The number of H-pyrrole nitrogens is 1. The molecule has 0 saturated carbocycles. The van der Waals surface area contributed by atoms with Crippen molar-refractivity contribution in [1.82, 2.24) is 30.7 Å². The maximum Gasteiger partial charge on any atom is 0.243 e. The molecule has 6 rings (SSSR count). The second-order valence-corrected chi connectivity index (χ2v) is 15.7. The summed E-state index contributed by atoms with van der Waals surface area (Å²) >= 11 is 0. The van der Waals surface area contributed by atoms with Crippen LogP contribution in [0.15, 0.2) is 42.5 Å². The lowest BCUT2D eigenvalue weighted by Crippen LogP contribution is -2.56. The number of primary amides is 1. The third-order valence-corrected chi connectivity index (χ3v) is 11.8. The summed E-state index contributed by atoms with van der Waals surface area (Å²) in [6.45, 7) is 3.00. The second kappa shape index (κ2) is 19.5. The summed E-state index contributed by atoms with van der Waals surface area (Å²) in [6, 6.07) is 8.86. The van der Waals surface area contributed by atoms with E-state index < -0.39 is 47.5 Å². The number of amides is 5. The van der Waals surface area contributed by atoms with Crippen molar-refractivity contribution >= 4 is 40.4 Å². The summed E-state index contributed by atoms with van der Waals surface area (Å²) in [5, 5.41) is 9.71. The average Bonchev–Trinajstić information content (AvgIpc) is 3.85. The molecule has 2 saturated heterocycles. The maximum absolute atomic E-state index is 14.1. The van der Waals surface area contributed by atoms with Crippen molar-refractivity contribution in [3.8, 4) is 0 Å². The Morgan fingerprint density at radius 2 is 1.70 bits per heavy atom. The Morgan fingerprint density at radius 3 is 2.49 bits per heavy atom. The quantitative estimate of drug-likeness (QED) is 0.106. The predicted octanol–water partition coefficient (Wildman–Crippen LogP) is 3.25. The average molecular weight is 791 g/mol. The molecule has 5 atom stereocenters. The third-order valence-electron chi connectivity index (χ3n) is 11.8. The molecular formula is C42H56F2N8O5. The topological polar surface area (TPSA) is 196 Å². The minimum absolute atomic E-state index is 0.0551. The first kappa shape index (κ1) is 41.7. The number of aromatic nitrogens is 1. The molecule has 0 bridgehead atoms. The number of para-hydroxylation sites is 1. The summed E-state index contributed by atoms with van der Waals surface area (Å²) in [7, 11) is 0. The van der Waals surface area contributed by atoms with Crippen LogP contribution in [0, 0.1) is 17.6 Å². The number of nitrogens with two attached hydrogens (primary N) is 2. The molecule has 57 heavy (non-hydrogen) atoms. The molecule has 0 spiro atoms. The zero-order valence-electron chi connectivity index (χ0n) is 32.5. The summed E-state index contributed by atoms with van der Waals surface area (Å²) in [5.41, 5.74) is 15.2. The van der Waals surface area contributed by atoms with Gasteiger partial charge in [-0.05, 0) is 100 Å². The number of hydrogen-bond donors (Lipinski definition) is 6. The molecule has 0 radical (unpaired) electrons. The van der Waals surface area contributed by atoms with Gasteiger partial charge in [0.1, 0.15) is 18.1 Å². The first-order valence-electron chi connectivity index (χ1n) is 20.5. The number of nitrogens with one attached hydrogen (secondary N) is 4. The van der Waals surface area contributed by atoms with Gasteiger partial charge < -0.3 is 37.3 Å². The van der Waals surface area contributed by atoms with E-state index in [0.29, 0.717) is 57.8 Å². The molecule has 3 aliphatic rings. The Bertz CT molecular complexity index is 1920. The summed E-state index contributed by atoms with van der Waals surface area (Å²) < 4.78 is 27.7. The number of carbonyl (C=O) groups is 5. The lowest BCUT2D eigenvalue weighted by molar-refractivity contribution is -0.139. The number of hydrogen-bond acceptors (Lipinski definition) is 7. The number of benzene rings is 2. The van der Waals surface area contributed by atoms with Crippen molar-refractivity contribution in [2.24, 2.45) is 17.4 Å². The molecule has 3 aromatic rings. The number of rotatable bonds is 18. The number of likely N-dealkylation sites (tertiary alicyclic amines) is 1. The van der Waals surface area contributed by atoms with Crippen LogP contribution in [0.3, 0.4) is 0 Å².